The molecule has 9 nitrogen and oxygen atoms in total. The van der Waals surface area contributed by atoms with Crippen molar-refractivity contribution in [2.75, 3.05) is 12.4 Å². The summed E-state index contributed by atoms with van der Waals surface area (Å²) in [6.07, 6.45) is 4.81. The number of aromatic carboxylic acids is 1. The molecule has 3 heterocycles. The van der Waals surface area contributed by atoms with Gasteiger partial charge in [0.2, 0.25) is 0 Å². The predicted octanol–water partition coefficient (Wildman–Crippen LogP) is 2.71. The van der Waals surface area contributed by atoms with E-state index in [-0.39, 0.29) is 16.9 Å². The summed E-state index contributed by atoms with van der Waals surface area (Å²) in [5.41, 5.74) is 2.25. The number of nitrogens with zero attached hydrogens (tertiary/aromatic N) is 4. The van der Waals surface area contributed by atoms with E-state index in [1.807, 2.05) is 12.1 Å². The van der Waals surface area contributed by atoms with E-state index in [0.29, 0.717) is 34.5 Å². The molecule has 0 aliphatic carbocycles. The van der Waals surface area contributed by atoms with Gasteiger partial charge in [-0.25, -0.2) is 14.8 Å². The molecule has 4 rings (SSSR count). The molecule has 156 valence electrons. The van der Waals surface area contributed by atoms with Crippen LogP contribution < -0.4 is 15.6 Å². The second kappa shape index (κ2) is 8.23. The molecule has 0 radical (unpaired) electrons. The van der Waals surface area contributed by atoms with Crippen molar-refractivity contribution in [1.82, 2.24) is 19.5 Å². The molecule has 0 aliphatic rings. The summed E-state index contributed by atoms with van der Waals surface area (Å²) in [6, 6.07) is 10.2. The van der Waals surface area contributed by atoms with E-state index in [0.717, 1.165) is 5.56 Å². The molecule has 2 N–H and O–H groups in total. The molecule has 0 fully saturated rings. The molecule has 0 spiro atoms. The van der Waals surface area contributed by atoms with E-state index in [1.54, 1.807) is 37.6 Å². The lowest BCUT2D eigenvalue weighted by atomic mass is 10.1. The highest BCUT2D eigenvalue weighted by molar-refractivity contribution is 5.94. The summed E-state index contributed by atoms with van der Waals surface area (Å²) in [6.45, 7) is 0.426. The van der Waals surface area contributed by atoms with Gasteiger partial charge in [-0.05, 0) is 42.0 Å². The number of aryl methyl sites for hydroxylation is 1. The number of benzene rings is 1. The maximum Gasteiger partial charge on any atom is 0.339 e. The van der Waals surface area contributed by atoms with Crippen LogP contribution in [0.2, 0.25) is 0 Å². The number of carboxylic acids is 1. The van der Waals surface area contributed by atoms with Crippen molar-refractivity contribution >= 4 is 22.7 Å². The smallest absolute Gasteiger partial charge is 0.339 e. The Kier molecular flexibility index (Phi) is 5.31. The number of hydrogen-bond donors (Lipinski definition) is 2. The van der Waals surface area contributed by atoms with E-state index in [4.69, 9.17) is 4.74 Å². The molecule has 0 atom stereocenters. The second-order valence-corrected chi connectivity index (χ2v) is 6.84. The zero-order chi connectivity index (χ0) is 22.0. The Bertz CT molecular complexity index is 1340. The van der Waals surface area contributed by atoms with Gasteiger partial charge in [-0.2, -0.15) is 0 Å². The molecule has 3 aromatic heterocycles. The van der Waals surface area contributed by atoms with Gasteiger partial charge in [-0.1, -0.05) is 0 Å². The number of rotatable bonds is 6. The lowest BCUT2D eigenvalue weighted by Gasteiger charge is -2.13. The summed E-state index contributed by atoms with van der Waals surface area (Å²) in [5.74, 6) is -0.492. The minimum Gasteiger partial charge on any atom is -0.496 e. The Morgan fingerprint density at radius 1 is 1.19 bits per heavy atom. The molecular formula is C22H19N5O4. The Morgan fingerprint density at radius 3 is 2.68 bits per heavy atom. The minimum absolute atomic E-state index is 0.0186. The van der Waals surface area contributed by atoms with E-state index in [1.165, 1.54) is 24.1 Å². The first-order valence-corrected chi connectivity index (χ1v) is 9.39. The van der Waals surface area contributed by atoms with Gasteiger partial charge in [0.05, 0.1) is 24.6 Å². The van der Waals surface area contributed by atoms with Crippen LogP contribution in [-0.4, -0.2) is 37.7 Å². The average molecular weight is 417 g/mol. The second-order valence-electron chi connectivity index (χ2n) is 6.84. The standard InChI is InChI=1S/C22H19N5O4/c1-27-12-25-17-10-16(14-3-4-18(31-2)15(9-14)22(29)30)26-20(19(17)21(27)28)24-11-13-5-7-23-8-6-13/h3-10,12H,11H2,1-2H3,(H,24,26)(H,29,30). The van der Waals surface area contributed by atoms with Crippen molar-refractivity contribution < 1.29 is 14.6 Å². The number of aromatic nitrogens is 4. The number of anilines is 1. The summed E-state index contributed by atoms with van der Waals surface area (Å²) in [5, 5.41) is 13.1. The third kappa shape index (κ3) is 3.93. The number of ether oxygens (including phenoxy) is 1. The van der Waals surface area contributed by atoms with Gasteiger partial charge < -0.3 is 19.7 Å². The van der Waals surface area contributed by atoms with Crippen molar-refractivity contribution in [3.63, 3.8) is 0 Å². The van der Waals surface area contributed by atoms with Crippen LogP contribution in [0.1, 0.15) is 15.9 Å². The monoisotopic (exact) mass is 417 g/mol. The molecule has 1 aromatic carbocycles. The van der Waals surface area contributed by atoms with Crippen molar-refractivity contribution in [2.24, 2.45) is 7.05 Å². The van der Waals surface area contributed by atoms with Crippen LogP contribution in [0.5, 0.6) is 5.75 Å². The summed E-state index contributed by atoms with van der Waals surface area (Å²) in [4.78, 5) is 37.4. The fourth-order valence-electron chi connectivity index (χ4n) is 3.22. The normalized spacial score (nSPS) is 10.8. The van der Waals surface area contributed by atoms with Gasteiger partial charge in [-0.15, -0.1) is 0 Å². The van der Waals surface area contributed by atoms with Crippen LogP contribution in [0.15, 0.2) is 59.9 Å². The highest BCUT2D eigenvalue weighted by atomic mass is 16.5. The Hall–Kier alpha value is -4.27. The average Bonchev–Trinajstić information content (AvgIpc) is 2.79. The lowest BCUT2D eigenvalue weighted by Crippen LogP contribution is -2.19. The van der Waals surface area contributed by atoms with Crippen LogP contribution in [0, 0.1) is 0 Å². The molecule has 31 heavy (non-hydrogen) atoms. The number of hydrogen-bond acceptors (Lipinski definition) is 7. The zero-order valence-electron chi connectivity index (χ0n) is 16.9. The fourth-order valence-corrected chi connectivity index (χ4v) is 3.22. The molecule has 0 unspecified atom stereocenters. The number of pyridine rings is 2. The quantitative estimate of drug-likeness (QED) is 0.491. The molecule has 0 aliphatic heterocycles. The first-order valence-electron chi connectivity index (χ1n) is 9.39. The van der Waals surface area contributed by atoms with Gasteiger partial charge in [0.15, 0.2) is 0 Å². The van der Waals surface area contributed by atoms with Gasteiger partial charge in [0.25, 0.3) is 5.56 Å². The maximum absolute atomic E-state index is 12.8. The molecular weight excluding hydrogens is 398 g/mol. The number of carboxylic acid groups (broad SMARTS) is 1. The first-order chi connectivity index (χ1) is 15.0. The molecule has 0 saturated carbocycles. The Labute approximate surface area is 177 Å². The van der Waals surface area contributed by atoms with Gasteiger partial charge >= 0.3 is 5.97 Å². The van der Waals surface area contributed by atoms with Crippen LogP contribution >= 0.6 is 0 Å². The third-order valence-electron chi connectivity index (χ3n) is 4.84. The number of fused-ring (bicyclic) bond motifs is 1. The zero-order valence-corrected chi connectivity index (χ0v) is 16.9. The fraction of sp³-hybridized carbons (Fsp3) is 0.136. The SMILES string of the molecule is COc1ccc(-c2cc3ncn(C)c(=O)c3c(NCc3ccncc3)n2)cc1C(=O)O. The van der Waals surface area contributed by atoms with Crippen molar-refractivity contribution in [3.05, 3.63) is 76.6 Å². The largest absolute Gasteiger partial charge is 0.496 e. The lowest BCUT2D eigenvalue weighted by molar-refractivity contribution is 0.0693. The third-order valence-corrected chi connectivity index (χ3v) is 4.84. The maximum atomic E-state index is 12.8. The minimum atomic E-state index is -1.11. The van der Waals surface area contributed by atoms with Gasteiger partial charge in [0, 0.05) is 31.5 Å². The number of nitrogens with one attached hydrogen (secondary N) is 1. The Morgan fingerprint density at radius 2 is 1.97 bits per heavy atom. The van der Waals surface area contributed by atoms with Crippen LogP contribution in [0.25, 0.3) is 22.2 Å². The van der Waals surface area contributed by atoms with Gasteiger partial charge in [0.1, 0.15) is 22.5 Å². The van der Waals surface area contributed by atoms with Crippen LogP contribution in [-0.2, 0) is 13.6 Å². The predicted molar refractivity (Wildman–Crippen MR) is 115 cm³/mol. The van der Waals surface area contributed by atoms with E-state index >= 15 is 0 Å². The molecule has 4 aromatic rings. The van der Waals surface area contributed by atoms with Crippen molar-refractivity contribution in [3.8, 4) is 17.0 Å². The highest BCUT2D eigenvalue weighted by Gasteiger charge is 2.16. The van der Waals surface area contributed by atoms with E-state index in [9.17, 15) is 14.7 Å². The molecule has 0 bridgehead atoms. The summed E-state index contributed by atoms with van der Waals surface area (Å²) >= 11 is 0. The summed E-state index contributed by atoms with van der Waals surface area (Å²) < 4.78 is 6.52. The Balaban J connectivity index is 1.86. The van der Waals surface area contributed by atoms with Crippen molar-refractivity contribution in [2.45, 2.75) is 6.54 Å². The van der Waals surface area contributed by atoms with Gasteiger partial charge in [-0.3, -0.25) is 9.78 Å². The molecule has 0 saturated heterocycles. The molecule has 0 amide bonds. The highest BCUT2D eigenvalue weighted by Crippen LogP contribution is 2.29. The van der Waals surface area contributed by atoms with E-state index in [2.05, 4.69) is 20.3 Å². The van der Waals surface area contributed by atoms with Crippen molar-refractivity contribution in [1.29, 1.82) is 0 Å². The topological polar surface area (TPSA) is 119 Å². The van der Waals surface area contributed by atoms with Crippen LogP contribution in [0.3, 0.4) is 0 Å². The van der Waals surface area contributed by atoms with E-state index < -0.39 is 5.97 Å². The molecule has 9 heteroatoms. The summed E-state index contributed by atoms with van der Waals surface area (Å²) in [7, 11) is 3.04. The number of carbonyl (C=O) groups is 1. The first kappa shape index (κ1) is 20.0. The number of methoxy groups -OCH3 is 1. The van der Waals surface area contributed by atoms with Crippen LogP contribution in [0.4, 0.5) is 5.82 Å².